The van der Waals surface area contributed by atoms with E-state index in [-0.39, 0.29) is 11.8 Å². The van der Waals surface area contributed by atoms with Crippen molar-refractivity contribution in [3.8, 4) is 22.4 Å². The quantitative estimate of drug-likeness (QED) is 0.411. The highest BCUT2D eigenvalue weighted by Crippen LogP contribution is 2.47. The lowest BCUT2D eigenvalue weighted by Crippen LogP contribution is -2.03. The molecule has 1 aliphatic carbocycles. The zero-order valence-electron chi connectivity index (χ0n) is 18.9. The summed E-state index contributed by atoms with van der Waals surface area (Å²) in [5.41, 5.74) is 6.28. The molecule has 0 aliphatic heterocycles. The highest BCUT2D eigenvalue weighted by Gasteiger charge is 2.44. The van der Waals surface area contributed by atoms with E-state index in [0.29, 0.717) is 5.82 Å². The van der Waals surface area contributed by atoms with Gasteiger partial charge in [0.25, 0.3) is 0 Å². The van der Waals surface area contributed by atoms with Crippen molar-refractivity contribution in [3.63, 3.8) is 0 Å². The van der Waals surface area contributed by atoms with Crippen LogP contribution in [0.25, 0.3) is 28.0 Å². The molecule has 2 atom stereocenters. The summed E-state index contributed by atoms with van der Waals surface area (Å²) >= 11 is 0. The molecule has 0 radical (unpaired) electrons. The number of benzene rings is 1. The van der Waals surface area contributed by atoms with Crippen LogP contribution in [0.5, 0.6) is 0 Å². The van der Waals surface area contributed by atoms with Gasteiger partial charge in [-0.3, -0.25) is 19.4 Å². The average molecular weight is 453 g/mol. The minimum absolute atomic E-state index is 0.129. The number of aryl methyl sites for hydroxylation is 1. The smallest absolute Gasteiger partial charge is 0.307 e. The Morgan fingerprint density at radius 1 is 1.09 bits per heavy atom. The number of carbonyl (C=O) groups is 1. The van der Waals surface area contributed by atoms with E-state index in [1.807, 2.05) is 56.6 Å². The van der Waals surface area contributed by atoms with E-state index in [1.165, 1.54) is 0 Å². The molecule has 0 saturated heterocycles. The van der Waals surface area contributed by atoms with Crippen LogP contribution in [0, 0.1) is 5.92 Å². The molecule has 0 bridgehead atoms. The highest BCUT2D eigenvalue weighted by molar-refractivity contribution is 5.77. The first-order chi connectivity index (χ1) is 16.4. The lowest BCUT2D eigenvalue weighted by Gasteiger charge is -2.10. The molecule has 8 nitrogen and oxygen atoms in total. The predicted octanol–water partition coefficient (Wildman–Crippen LogP) is 4.90. The molecular formula is C26H24N6O2. The van der Waals surface area contributed by atoms with Crippen LogP contribution < -0.4 is 5.32 Å². The number of allylic oxidation sites excluding steroid dienone is 1. The number of nitrogens with one attached hydrogen (secondary N) is 1. The van der Waals surface area contributed by atoms with Crippen molar-refractivity contribution in [2.75, 3.05) is 5.32 Å². The summed E-state index contributed by atoms with van der Waals surface area (Å²) in [6.07, 6.45) is 7.66. The van der Waals surface area contributed by atoms with Gasteiger partial charge in [-0.2, -0.15) is 5.10 Å². The van der Waals surface area contributed by atoms with Crippen LogP contribution in [0.3, 0.4) is 0 Å². The number of hydrogen-bond donors (Lipinski definition) is 2. The number of aliphatic carboxylic acids is 1. The van der Waals surface area contributed by atoms with E-state index in [1.54, 1.807) is 23.3 Å². The number of rotatable bonds is 7. The van der Waals surface area contributed by atoms with E-state index in [9.17, 15) is 4.79 Å². The second-order valence-electron chi connectivity index (χ2n) is 8.57. The van der Waals surface area contributed by atoms with Crippen LogP contribution in [0.15, 0.2) is 67.8 Å². The van der Waals surface area contributed by atoms with Crippen LogP contribution in [0.4, 0.5) is 11.6 Å². The maximum Gasteiger partial charge on any atom is 0.307 e. The number of carboxylic acids is 1. The molecule has 1 aromatic carbocycles. The standard InChI is InChI=1S/C26H24N6O2/c1-15(2)23-13-27-14-24(30-23)31-25-21(12-29-32(25)3)22-9-8-18(11-28-22)16-4-6-17(7-5-16)19-10-20(19)26(33)34/h4-9,11-14,19-20H,1,10H2,2-3H3,(H,30,31)(H,33,34). The Morgan fingerprint density at radius 2 is 1.85 bits per heavy atom. The molecule has 3 aromatic heterocycles. The van der Waals surface area contributed by atoms with Gasteiger partial charge in [-0.05, 0) is 42.0 Å². The van der Waals surface area contributed by atoms with Crippen molar-refractivity contribution in [1.82, 2.24) is 24.7 Å². The third-order valence-electron chi connectivity index (χ3n) is 6.08. The fraction of sp³-hybridized carbons (Fsp3) is 0.192. The number of pyridine rings is 1. The van der Waals surface area contributed by atoms with Crippen molar-refractivity contribution in [3.05, 3.63) is 79.0 Å². The molecule has 2 unspecified atom stereocenters. The number of anilines is 2. The van der Waals surface area contributed by atoms with E-state index in [4.69, 9.17) is 5.11 Å². The Morgan fingerprint density at radius 3 is 2.50 bits per heavy atom. The molecule has 2 N–H and O–H groups in total. The van der Waals surface area contributed by atoms with E-state index in [0.717, 1.165) is 51.5 Å². The van der Waals surface area contributed by atoms with Crippen molar-refractivity contribution >= 4 is 23.2 Å². The van der Waals surface area contributed by atoms with Gasteiger partial charge < -0.3 is 10.4 Å². The predicted molar refractivity (Wildman–Crippen MR) is 130 cm³/mol. The summed E-state index contributed by atoms with van der Waals surface area (Å²) in [7, 11) is 1.85. The fourth-order valence-corrected chi connectivity index (χ4v) is 4.01. The maximum absolute atomic E-state index is 11.1. The molecule has 0 spiro atoms. The van der Waals surface area contributed by atoms with Gasteiger partial charge in [-0.15, -0.1) is 0 Å². The third-order valence-corrected chi connectivity index (χ3v) is 6.08. The summed E-state index contributed by atoms with van der Waals surface area (Å²) in [5, 5.41) is 16.8. The summed E-state index contributed by atoms with van der Waals surface area (Å²) in [4.78, 5) is 24.6. The molecule has 3 heterocycles. The average Bonchev–Trinajstić information content (AvgIpc) is 3.58. The molecule has 0 amide bonds. The Balaban J connectivity index is 1.36. The molecule has 8 heteroatoms. The Hall–Kier alpha value is -4.33. The van der Waals surface area contributed by atoms with Crippen LogP contribution >= 0.6 is 0 Å². The Kier molecular flexibility index (Phi) is 5.41. The normalized spacial score (nSPS) is 16.8. The van der Waals surface area contributed by atoms with Gasteiger partial charge in [-0.25, -0.2) is 4.98 Å². The van der Waals surface area contributed by atoms with E-state index < -0.39 is 5.97 Å². The second-order valence-corrected chi connectivity index (χ2v) is 8.57. The SMILES string of the molecule is C=C(C)c1cncc(Nc2c(-c3ccc(-c4ccc(C5CC5C(=O)O)cc4)cn3)cnn2C)n1. The monoisotopic (exact) mass is 452 g/mol. The minimum Gasteiger partial charge on any atom is -0.481 e. The first-order valence-corrected chi connectivity index (χ1v) is 11.0. The van der Waals surface area contributed by atoms with Gasteiger partial charge in [0.15, 0.2) is 5.82 Å². The van der Waals surface area contributed by atoms with Gasteiger partial charge >= 0.3 is 5.97 Å². The van der Waals surface area contributed by atoms with Crippen molar-refractivity contribution in [2.24, 2.45) is 13.0 Å². The third kappa shape index (κ3) is 4.17. The van der Waals surface area contributed by atoms with Crippen molar-refractivity contribution < 1.29 is 9.90 Å². The summed E-state index contributed by atoms with van der Waals surface area (Å²) < 4.78 is 1.74. The van der Waals surface area contributed by atoms with Crippen molar-refractivity contribution in [1.29, 1.82) is 0 Å². The Labute approximate surface area is 197 Å². The first-order valence-electron chi connectivity index (χ1n) is 11.0. The minimum atomic E-state index is -0.714. The van der Waals surface area contributed by atoms with E-state index >= 15 is 0 Å². The van der Waals surface area contributed by atoms with Gasteiger partial charge in [0.2, 0.25) is 0 Å². The molecule has 4 aromatic rings. The molecule has 34 heavy (non-hydrogen) atoms. The number of aromatic nitrogens is 5. The van der Waals surface area contributed by atoms with Gasteiger partial charge in [0.1, 0.15) is 5.82 Å². The lowest BCUT2D eigenvalue weighted by molar-refractivity contribution is -0.138. The second kappa shape index (κ2) is 8.55. The molecule has 1 saturated carbocycles. The van der Waals surface area contributed by atoms with Crippen LogP contribution in [-0.4, -0.2) is 35.8 Å². The van der Waals surface area contributed by atoms with Gasteiger partial charge in [0.05, 0.1) is 41.5 Å². The van der Waals surface area contributed by atoms with Crippen LogP contribution in [0.2, 0.25) is 0 Å². The Bertz CT molecular complexity index is 1380. The fourth-order valence-electron chi connectivity index (χ4n) is 4.01. The molecule has 5 rings (SSSR count). The summed E-state index contributed by atoms with van der Waals surface area (Å²) in [6, 6.07) is 12.1. The number of carboxylic acid groups (broad SMARTS) is 1. The number of hydrogen-bond acceptors (Lipinski definition) is 6. The molecule has 1 fully saturated rings. The molecule has 170 valence electrons. The summed E-state index contributed by atoms with van der Waals surface area (Å²) in [6.45, 7) is 5.81. The number of nitrogens with zero attached hydrogens (tertiary/aromatic N) is 5. The molecular weight excluding hydrogens is 428 g/mol. The van der Waals surface area contributed by atoms with Crippen LogP contribution in [-0.2, 0) is 11.8 Å². The summed E-state index contributed by atoms with van der Waals surface area (Å²) in [5.74, 6) is 0.527. The van der Waals surface area contributed by atoms with Gasteiger partial charge in [-0.1, -0.05) is 36.9 Å². The first kappa shape index (κ1) is 21.5. The zero-order valence-corrected chi connectivity index (χ0v) is 18.9. The molecule has 1 aliphatic rings. The zero-order chi connectivity index (χ0) is 23.8. The van der Waals surface area contributed by atoms with Gasteiger partial charge in [0, 0.05) is 18.8 Å². The largest absolute Gasteiger partial charge is 0.481 e. The topological polar surface area (TPSA) is 106 Å². The lowest BCUT2D eigenvalue weighted by atomic mass is 10.0. The maximum atomic E-state index is 11.1. The van der Waals surface area contributed by atoms with Crippen LogP contribution in [0.1, 0.15) is 30.5 Å². The van der Waals surface area contributed by atoms with Crippen molar-refractivity contribution in [2.45, 2.75) is 19.3 Å². The van der Waals surface area contributed by atoms with E-state index in [2.05, 4.69) is 31.9 Å². The highest BCUT2D eigenvalue weighted by atomic mass is 16.4.